The van der Waals surface area contributed by atoms with Crippen LogP contribution in [0.15, 0.2) is 48.5 Å². The second-order valence-electron chi connectivity index (χ2n) is 4.56. The van der Waals surface area contributed by atoms with Crippen LogP contribution in [0, 0.1) is 0 Å². The van der Waals surface area contributed by atoms with Gasteiger partial charge in [0.15, 0.2) is 0 Å². The van der Waals surface area contributed by atoms with E-state index in [4.69, 9.17) is 11.6 Å². The molecule has 1 unspecified atom stereocenters. The summed E-state index contributed by atoms with van der Waals surface area (Å²) in [6, 6.07) is 15.5. The van der Waals surface area contributed by atoms with Crippen LogP contribution in [0.3, 0.4) is 0 Å². The Balaban J connectivity index is 2.01. The average Bonchev–Trinajstić information content (AvgIpc) is 2.41. The summed E-state index contributed by atoms with van der Waals surface area (Å²) in [5, 5.41) is 13.7. The van der Waals surface area contributed by atoms with E-state index in [0.717, 1.165) is 23.6 Å². The first-order valence-corrected chi connectivity index (χ1v) is 6.83. The molecule has 0 saturated carbocycles. The lowest BCUT2D eigenvalue weighted by atomic mass is 10.0. The first kappa shape index (κ1) is 13.9. The predicted octanol–water partition coefficient (Wildman–Crippen LogP) is 4.29. The highest BCUT2D eigenvalue weighted by Gasteiger charge is 2.08. The highest BCUT2D eigenvalue weighted by atomic mass is 35.5. The number of hydrogen-bond donors (Lipinski definition) is 2. The Morgan fingerprint density at radius 2 is 1.89 bits per heavy atom. The molecular weight excluding hydrogens is 258 g/mol. The van der Waals surface area contributed by atoms with Gasteiger partial charge in [-0.1, -0.05) is 42.8 Å². The third kappa shape index (κ3) is 3.98. The van der Waals surface area contributed by atoms with Gasteiger partial charge in [-0.25, -0.2) is 0 Å². The van der Waals surface area contributed by atoms with Gasteiger partial charge in [-0.2, -0.15) is 0 Å². The average molecular weight is 276 g/mol. The number of aromatic hydroxyl groups is 1. The summed E-state index contributed by atoms with van der Waals surface area (Å²) >= 11 is 5.90. The minimum absolute atomic E-state index is 0.291. The molecule has 0 aliphatic heterocycles. The second-order valence-corrected chi connectivity index (χ2v) is 5.00. The minimum atomic E-state index is 0.291. The molecule has 0 saturated heterocycles. The molecule has 0 spiro atoms. The van der Waals surface area contributed by atoms with Crippen molar-refractivity contribution < 1.29 is 5.11 Å². The molecule has 1 atom stereocenters. The molecule has 19 heavy (non-hydrogen) atoms. The van der Waals surface area contributed by atoms with Gasteiger partial charge in [0.25, 0.3) is 0 Å². The fourth-order valence-corrected chi connectivity index (χ4v) is 2.23. The summed E-state index contributed by atoms with van der Waals surface area (Å²) in [7, 11) is 0. The molecule has 0 amide bonds. The van der Waals surface area contributed by atoms with Gasteiger partial charge in [0.2, 0.25) is 0 Å². The van der Waals surface area contributed by atoms with Gasteiger partial charge >= 0.3 is 0 Å². The van der Waals surface area contributed by atoms with Crippen LogP contribution >= 0.6 is 11.6 Å². The summed E-state index contributed by atoms with van der Waals surface area (Å²) in [5.41, 5.74) is 2.31. The van der Waals surface area contributed by atoms with E-state index in [1.54, 1.807) is 12.1 Å². The lowest BCUT2D eigenvalue weighted by Crippen LogP contribution is -2.20. The standard InChI is InChI=1S/C16H18ClNO/c1-2-16(13-6-8-14(17)9-7-13)18-11-12-4-3-5-15(19)10-12/h3-10,16,18-19H,2,11H2,1H3. The summed E-state index contributed by atoms with van der Waals surface area (Å²) in [5.74, 6) is 0.304. The summed E-state index contributed by atoms with van der Waals surface area (Å²) in [6.45, 7) is 2.88. The highest BCUT2D eigenvalue weighted by Crippen LogP contribution is 2.20. The number of nitrogens with one attached hydrogen (secondary N) is 1. The smallest absolute Gasteiger partial charge is 0.115 e. The summed E-state index contributed by atoms with van der Waals surface area (Å²) in [4.78, 5) is 0. The Hall–Kier alpha value is -1.51. The van der Waals surface area contributed by atoms with Crippen molar-refractivity contribution in [1.29, 1.82) is 0 Å². The van der Waals surface area contributed by atoms with Crippen molar-refractivity contribution in [1.82, 2.24) is 5.32 Å². The molecule has 0 aliphatic rings. The predicted molar refractivity (Wildman–Crippen MR) is 79.4 cm³/mol. The topological polar surface area (TPSA) is 32.3 Å². The Bertz CT molecular complexity index is 525. The van der Waals surface area contributed by atoms with Crippen molar-refractivity contribution in [2.24, 2.45) is 0 Å². The maximum absolute atomic E-state index is 9.44. The molecule has 2 aromatic rings. The van der Waals surface area contributed by atoms with Gasteiger partial charge in [-0.05, 0) is 41.8 Å². The van der Waals surface area contributed by atoms with Gasteiger partial charge in [-0.15, -0.1) is 0 Å². The maximum atomic E-state index is 9.44. The van der Waals surface area contributed by atoms with Gasteiger partial charge in [0.1, 0.15) is 5.75 Å². The molecule has 2 rings (SSSR count). The quantitative estimate of drug-likeness (QED) is 0.853. The van der Waals surface area contributed by atoms with E-state index in [9.17, 15) is 5.11 Å². The van der Waals surface area contributed by atoms with E-state index in [-0.39, 0.29) is 0 Å². The molecule has 0 heterocycles. The SMILES string of the molecule is CCC(NCc1cccc(O)c1)c1ccc(Cl)cc1. The number of benzene rings is 2. The number of phenols is 1. The second kappa shape index (κ2) is 6.60. The fraction of sp³-hybridized carbons (Fsp3) is 0.250. The molecule has 0 aliphatic carbocycles. The van der Waals surface area contributed by atoms with Gasteiger partial charge in [0, 0.05) is 17.6 Å². The van der Waals surface area contributed by atoms with Crippen molar-refractivity contribution in [3.8, 4) is 5.75 Å². The number of phenolic OH excluding ortho intramolecular Hbond substituents is 1. The van der Waals surface area contributed by atoms with Crippen LogP contribution < -0.4 is 5.32 Å². The zero-order chi connectivity index (χ0) is 13.7. The fourth-order valence-electron chi connectivity index (χ4n) is 2.10. The zero-order valence-corrected chi connectivity index (χ0v) is 11.7. The molecule has 3 heteroatoms. The molecule has 0 fully saturated rings. The van der Waals surface area contributed by atoms with E-state index >= 15 is 0 Å². The first-order valence-electron chi connectivity index (χ1n) is 6.46. The lowest BCUT2D eigenvalue weighted by molar-refractivity contribution is 0.472. The van der Waals surface area contributed by atoms with Crippen LogP contribution in [0.5, 0.6) is 5.75 Å². The zero-order valence-electron chi connectivity index (χ0n) is 10.9. The minimum Gasteiger partial charge on any atom is -0.508 e. The van der Waals surface area contributed by atoms with E-state index in [1.807, 2.05) is 36.4 Å². The Labute approximate surface area is 119 Å². The maximum Gasteiger partial charge on any atom is 0.115 e. The van der Waals surface area contributed by atoms with Gasteiger partial charge in [-0.3, -0.25) is 0 Å². The Morgan fingerprint density at radius 1 is 1.16 bits per heavy atom. The van der Waals surface area contributed by atoms with Gasteiger partial charge < -0.3 is 10.4 Å². The number of halogens is 1. The van der Waals surface area contributed by atoms with E-state index < -0.39 is 0 Å². The summed E-state index contributed by atoms with van der Waals surface area (Å²) < 4.78 is 0. The highest BCUT2D eigenvalue weighted by molar-refractivity contribution is 6.30. The third-order valence-corrected chi connectivity index (χ3v) is 3.40. The van der Waals surface area contributed by atoms with Crippen LogP contribution in [0.25, 0.3) is 0 Å². The molecule has 0 radical (unpaired) electrons. The van der Waals surface area contributed by atoms with Gasteiger partial charge in [0.05, 0.1) is 0 Å². The summed E-state index contributed by atoms with van der Waals surface area (Å²) in [6.07, 6.45) is 1.00. The molecular formula is C16H18ClNO. The van der Waals surface area contributed by atoms with E-state index in [1.165, 1.54) is 5.56 Å². The molecule has 2 nitrogen and oxygen atoms in total. The third-order valence-electron chi connectivity index (χ3n) is 3.14. The number of hydrogen-bond acceptors (Lipinski definition) is 2. The largest absolute Gasteiger partial charge is 0.508 e. The van der Waals surface area contributed by atoms with Crippen molar-refractivity contribution in [3.63, 3.8) is 0 Å². The van der Waals surface area contributed by atoms with Crippen molar-refractivity contribution in [3.05, 3.63) is 64.7 Å². The van der Waals surface area contributed by atoms with E-state index in [2.05, 4.69) is 12.2 Å². The molecule has 100 valence electrons. The van der Waals surface area contributed by atoms with Crippen molar-refractivity contribution in [2.75, 3.05) is 0 Å². The first-order chi connectivity index (χ1) is 9.19. The Morgan fingerprint density at radius 3 is 2.53 bits per heavy atom. The van der Waals surface area contributed by atoms with Crippen LogP contribution in [0.4, 0.5) is 0 Å². The van der Waals surface area contributed by atoms with Crippen LogP contribution in [-0.2, 0) is 6.54 Å². The Kier molecular flexibility index (Phi) is 4.83. The van der Waals surface area contributed by atoms with Crippen LogP contribution in [0.2, 0.25) is 5.02 Å². The van der Waals surface area contributed by atoms with Crippen molar-refractivity contribution in [2.45, 2.75) is 25.9 Å². The number of rotatable bonds is 5. The van der Waals surface area contributed by atoms with E-state index in [0.29, 0.717) is 11.8 Å². The van der Waals surface area contributed by atoms with Crippen LogP contribution in [-0.4, -0.2) is 5.11 Å². The molecule has 0 aromatic heterocycles. The monoisotopic (exact) mass is 275 g/mol. The van der Waals surface area contributed by atoms with Crippen LogP contribution in [0.1, 0.15) is 30.5 Å². The van der Waals surface area contributed by atoms with Crippen molar-refractivity contribution >= 4 is 11.6 Å². The molecule has 0 bridgehead atoms. The molecule has 2 N–H and O–H groups in total. The normalized spacial score (nSPS) is 12.3. The molecule has 2 aromatic carbocycles. The lowest BCUT2D eigenvalue weighted by Gasteiger charge is -2.17.